The Morgan fingerprint density at radius 1 is 1.32 bits per heavy atom. The third kappa shape index (κ3) is 4.65. The van der Waals surface area contributed by atoms with Gasteiger partial charge in [0, 0.05) is 30.6 Å². The number of anilines is 1. The maximum absolute atomic E-state index is 13.1. The molecule has 1 spiro atoms. The van der Waals surface area contributed by atoms with Gasteiger partial charge in [0.1, 0.15) is 5.82 Å². The van der Waals surface area contributed by atoms with Crippen LogP contribution < -0.4 is 5.32 Å². The molecule has 1 aromatic carbocycles. The molecule has 168 valence electrons. The van der Waals surface area contributed by atoms with Crippen LogP contribution in [0.3, 0.4) is 0 Å². The highest BCUT2D eigenvalue weighted by molar-refractivity contribution is 7.88. The number of benzene rings is 1. The van der Waals surface area contributed by atoms with Crippen molar-refractivity contribution in [1.29, 1.82) is 0 Å². The SMILES string of the molecule is CS(=O)(=O)N1CCC[C@@]12CCN(CC(=O)Nc1nc(-c3ccc(F)cc3)cs1)C[C@@H]2O. The molecule has 2 saturated heterocycles. The zero-order valence-corrected chi connectivity index (χ0v) is 18.8. The van der Waals surface area contributed by atoms with Gasteiger partial charge in [-0.05, 0) is 43.5 Å². The summed E-state index contributed by atoms with van der Waals surface area (Å²) in [5.41, 5.74) is 0.646. The molecular formula is C20H25FN4O4S2. The summed E-state index contributed by atoms with van der Waals surface area (Å²) in [7, 11) is -3.40. The minimum atomic E-state index is -3.40. The molecule has 3 heterocycles. The highest BCUT2D eigenvalue weighted by atomic mass is 32.2. The number of aromatic nitrogens is 1. The van der Waals surface area contributed by atoms with Crippen LogP contribution in [-0.4, -0.2) is 77.7 Å². The molecule has 0 radical (unpaired) electrons. The minimum absolute atomic E-state index is 0.0808. The van der Waals surface area contributed by atoms with Crippen LogP contribution in [0.1, 0.15) is 19.3 Å². The molecule has 2 aliphatic rings. The van der Waals surface area contributed by atoms with E-state index in [4.69, 9.17) is 0 Å². The second kappa shape index (κ2) is 8.55. The zero-order valence-electron chi connectivity index (χ0n) is 17.1. The first-order chi connectivity index (χ1) is 14.7. The third-order valence-electron chi connectivity index (χ3n) is 6.04. The first kappa shape index (κ1) is 22.3. The summed E-state index contributed by atoms with van der Waals surface area (Å²) >= 11 is 1.28. The molecule has 31 heavy (non-hydrogen) atoms. The lowest BCUT2D eigenvalue weighted by molar-refractivity contribution is -0.119. The molecule has 2 N–H and O–H groups in total. The van der Waals surface area contributed by atoms with Crippen LogP contribution in [0.25, 0.3) is 11.3 Å². The smallest absolute Gasteiger partial charge is 0.240 e. The molecule has 2 atom stereocenters. The Hall–Kier alpha value is -1.92. The lowest BCUT2D eigenvalue weighted by Gasteiger charge is -2.47. The Labute approximate surface area is 184 Å². The quantitative estimate of drug-likeness (QED) is 0.693. The average molecular weight is 469 g/mol. The van der Waals surface area contributed by atoms with Crippen LogP contribution in [0.15, 0.2) is 29.6 Å². The van der Waals surface area contributed by atoms with E-state index in [1.165, 1.54) is 34.0 Å². The summed E-state index contributed by atoms with van der Waals surface area (Å²) in [4.78, 5) is 18.7. The molecule has 11 heteroatoms. The number of amides is 1. The van der Waals surface area contributed by atoms with Gasteiger partial charge < -0.3 is 10.4 Å². The number of hydrogen-bond acceptors (Lipinski definition) is 7. The summed E-state index contributed by atoms with van der Waals surface area (Å²) in [5, 5.41) is 15.8. The Morgan fingerprint density at radius 3 is 2.74 bits per heavy atom. The van der Waals surface area contributed by atoms with Crippen molar-refractivity contribution in [3.8, 4) is 11.3 Å². The fourth-order valence-corrected chi connectivity index (χ4v) is 6.73. The third-order valence-corrected chi connectivity index (χ3v) is 8.14. The second-order valence-corrected chi connectivity index (χ2v) is 10.9. The predicted molar refractivity (Wildman–Crippen MR) is 117 cm³/mol. The Kier molecular flexibility index (Phi) is 6.14. The number of rotatable bonds is 5. The predicted octanol–water partition coefficient (Wildman–Crippen LogP) is 1.75. The van der Waals surface area contributed by atoms with Crippen molar-refractivity contribution in [2.24, 2.45) is 0 Å². The zero-order chi connectivity index (χ0) is 22.2. The topological polar surface area (TPSA) is 103 Å². The van der Waals surface area contributed by atoms with Gasteiger partial charge in [-0.1, -0.05) is 0 Å². The molecule has 0 bridgehead atoms. The van der Waals surface area contributed by atoms with Gasteiger partial charge in [0.25, 0.3) is 0 Å². The molecule has 0 saturated carbocycles. The summed E-state index contributed by atoms with van der Waals surface area (Å²) in [6.07, 6.45) is 2.18. The van der Waals surface area contributed by atoms with E-state index in [9.17, 15) is 22.7 Å². The van der Waals surface area contributed by atoms with Crippen molar-refractivity contribution in [3.63, 3.8) is 0 Å². The van der Waals surface area contributed by atoms with Crippen LogP contribution in [-0.2, 0) is 14.8 Å². The number of nitrogens with zero attached hydrogens (tertiary/aromatic N) is 3. The standard InChI is InChI=1S/C20H25FN4O4S2/c1-31(28,29)25-9-2-7-20(25)8-10-24(11-17(20)26)12-18(27)23-19-22-16(13-30-19)14-3-5-15(21)6-4-14/h3-6,13,17,26H,2,7-12H2,1H3,(H,22,23,27)/t17-,20-/m0/s1. The second-order valence-electron chi connectivity index (χ2n) is 8.14. The van der Waals surface area contributed by atoms with E-state index in [1.54, 1.807) is 17.5 Å². The normalized spacial score (nSPS) is 25.2. The Morgan fingerprint density at radius 2 is 2.06 bits per heavy atom. The van der Waals surface area contributed by atoms with Crippen LogP contribution in [0, 0.1) is 5.82 Å². The van der Waals surface area contributed by atoms with Crippen LogP contribution in [0.4, 0.5) is 9.52 Å². The first-order valence-electron chi connectivity index (χ1n) is 10.1. The summed E-state index contributed by atoms with van der Waals surface area (Å²) in [5.74, 6) is -0.579. The summed E-state index contributed by atoms with van der Waals surface area (Å²) in [6, 6.07) is 5.97. The molecule has 0 aliphatic carbocycles. The minimum Gasteiger partial charge on any atom is -0.390 e. The van der Waals surface area contributed by atoms with E-state index in [0.717, 1.165) is 12.0 Å². The van der Waals surface area contributed by atoms with Crippen molar-refractivity contribution in [2.45, 2.75) is 30.9 Å². The van der Waals surface area contributed by atoms with Gasteiger partial charge in [-0.2, -0.15) is 4.31 Å². The number of sulfonamides is 1. The van der Waals surface area contributed by atoms with Crippen molar-refractivity contribution in [3.05, 3.63) is 35.5 Å². The van der Waals surface area contributed by atoms with Gasteiger partial charge >= 0.3 is 0 Å². The fraction of sp³-hybridized carbons (Fsp3) is 0.500. The Bertz CT molecular complexity index is 1060. The molecule has 0 unspecified atom stereocenters. The summed E-state index contributed by atoms with van der Waals surface area (Å²) < 4.78 is 38.8. The number of carbonyl (C=O) groups is 1. The van der Waals surface area contributed by atoms with Crippen LogP contribution in [0.2, 0.25) is 0 Å². The molecule has 1 amide bonds. The van der Waals surface area contributed by atoms with Gasteiger partial charge in [-0.25, -0.2) is 17.8 Å². The fourth-order valence-electron chi connectivity index (χ4n) is 4.57. The lowest BCUT2D eigenvalue weighted by atomic mass is 9.83. The number of piperidine rings is 1. The van der Waals surface area contributed by atoms with Crippen LogP contribution in [0.5, 0.6) is 0 Å². The number of carbonyl (C=O) groups excluding carboxylic acids is 1. The number of likely N-dealkylation sites (tertiary alicyclic amines) is 1. The van der Waals surface area contributed by atoms with Crippen LogP contribution >= 0.6 is 11.3 Å². The van der Waals surface area contributed by atoms with E-state index in [2.05, 4.69) is 10.3 Å². The maximum Gasteiger partial charge on any atom is 0.240 e. The van der Waals surface area contributed by atoms with Gasteiger partial charge in [-0.15, -0.1) is 11.3 Å². The van der Waals surface area contributed by atoms with Gasteiger partial charge in [0.05, 0.1) is 30.1 Å². The van der Waals surface area contributed by atoms with Crippen molar-refractivity contribution in [1.82, 2.24) is 14.2 Å². The lowest BCUT2D eigenvalue weighted by Crippen LogP contribution is -2.63. The van der Waals surface area contributed by atoms with E-state index in [1.807, 2.05) is 4.90 Å². The molecule has 2 fully saturated rings. The molecule has 2 aliphatic heterocycles. The van der Waals surface area contributed by atoms with Crippen molar-refractivity contribution < 1.29 is 22.7 Å². The number of aliphatic hydroxyl groups is 1. The average Bonchev–Trinajstić information content (AvgIpc) is 3.33. The Balaban J connectivity index is 1.35. The number of aliphatic hydroxyl groups excluding tert-OH is 1. The van der Waals surface area contributed by atoms with E-state index < -0.39 is 21.7 Å². The van der Waals surface area contributed by atoms with E-state index >= 15 is 0 Å². The number of nitrogens with one attached hydrogen (secondary N) is 1. The first-order valence-corrected chi connectivity index (χ1v) is 12.8. The number of thiazole rings is 1. The van der Waals surface area contributed by atoms with Gasteiger partial charge in [0.15, 0.2) is 5.13 Å². The summed E-state index contributed by atoms with van der Waals surface area (Å²) in [6.45, 7) is 1.27. The maximum atomic E-state index is 13.1. The molecule has 8 nitrogen and oxygen atoms in total. The highest BCUT2D eigenvalue weighted by Gasteiger charge is 2.52. The van der Waals surface area contributed by atoms with Crippen molar-refractivity contribution in [2.75, 3.05) is 37.8 Å². The van der Waals surface area contributed by atoms with Gasteiger partial charge in [0.2, 0.25) is 15.9 Å². The van der Waals surface area contributed by atoms with E-state index in [0.29, 0.717) is 36.8 Å². The van der Waals surface area contributed by atoms with E-state index in [-0.39, 0.29) is 24.8 Å². The molecule has 2 aromatic rings. The monoisotopic (exact) mass is 468 g/mol. The van der Waals surface area contributed by atoms with Gasteiger partial charge in [-0.3, -0.25) is 9.69 Å². The molecular weight excluding hydrogens is 443 g/mol. The van der Waals surface area contributed by atoms with Crippen molar-refractivity contribution >= 4 is 32.4 Å². The number of β-amino-alcohol motifs (C(OH)–C–C–N with tert-alkyl or cyclic N) is 1. The molecule has 1 aromatic heterocycles. The number of hydrogen-bond donors (Lipinski definition) is 2. The number of halogens is 1. The largest absolute Gasteiger partial charge is 0.390 e. The highest BCUT2D eigenvalue weighted by Crippen LogP contribution is 2.40. The molecule has 4 rings (SSSR count).